The van der Waals surface area contributed by atoms with Gasteiger partial charge in [-0.2, -0.15) is 0 Å². The quantitative estimate of drug-likeness (QED) is 0.692. The van der Waals surface area contributed by atoms with Crippen LogP contribution in [-0.2, 0) is 11.3 Å². The van der Waals surface area contributed by atoms with E-state index >= 15 is 0 Å². The van der Waals surface area contributed by atoms with Gasteiger partial charge in [0.15, 0.2) is 5.76 Å². The summed E-state index contributed by atoms with van der Waals surface area (Å²) >= 11 is 0. The largest absolute Gasteiger partial charge is 0.451 e. The molecule has 0 unspecified atom stereocenters. The molecule has 0 radical (unpaired) electrons. The van der Waals surface area contributed by atoms with Crippen molar-refractivity contribution in [3.63, 3.8) is 0 Å². The molecule has 6 nitrogen and oxygen atoms in total. The van der Waals surface area contributed by atoms with Gasteiger partial charge in [-0.3, -0.25) is 10.1 Å². The lowest BCUT2D eigenvalue weighted by molar-refractivity contribution is 0.0995. The Hall–Kier alpha value is -2.86. The van der Waals surface area contributed by atoms with E-state index in [1.165, 1.54) is 5.56 Å². The number of methoxy groups -OCH3 is 1. The Labute approximate surface area is 152 Å². The predicted molar refractivity (Wildman–Crippen MR) is 100 cm³/mol. The number of anilines is 1. The Morgan fingerprint density at radius 3 is 2.92 bits per heavy atom. The third-order valence-corrected chi connectivity index (χ3v) is 4.14. The minimum atomic E-state index is -0.332. The van der Waals surface area contributed by atoms with Gasteiger partial charge in [-0.05, 0) is 29.7 Å². The van der Waals surface area contributed by atoms with Gasteiger partial charge in [-0.1, -0.05) is 32.0 Å². The summed E-state index contributed by atoms with van der Waals surface area (Å²) in [5.74, 6) is 1.48. The highest BCUT2D eigenvalue weighted by Gasteiger charge is 2.15. The topological polar surface area (TPSA) is 69.3 Å². The number of carbonyl (C=O) groups excluding carboxylic acids is 1. The first-order valence-corrected chi connectivity index (χ1v) is 8.60. The van der Waals surface area contributed by atoms with Crippen molar-refractivity contribution in [3.05, 3.63) is 60.1 Å². The normalized spacial score (nSPS) is 11.1. The molecule has 1 aromatic carbocycles. The number of furan rings is 1. The maximum atomic E-state index is 12.5. The predicted octanol–water partition coefficient (Wildman–Crippen LogP) is 4.17. The highest BCUT2D eigenvalue weighted by molar-refractivity contribution is 6.01. The van der Waals surface area contributed by atoms with Crippen LogP contribution in [0.1, 0.15) is 35.9 Å². The SMILES string of the molecule is COCCn1ccnc1NC(=O)c1ccc(-c2cccc(C(C)C)c2)o1. The van der Waals surface area contributed by atoms with Gasteiger partial charge in [0.1, 0.15) is 5.76 Å². The molecule has 136 valence electrons. The maximum Gasteiger partial charge on any atom is 0.293 e. The number of hydrogen-bond acceptors (Lipinski definition) is 4. The lowest BCUT2D eigenvalue weighted by atomic mass is 10.0. The summed E-state index contributed by atoms with van der Waals surface area (Å²) in [6.07, 6.45) is 3.43. The molecule has 3 aromatic rings. The lowest BCUT2D eigenvalue weighted by Gasteiger charge is -2.07. The fourth-order valence-electron chi connectivity index (χ4n) is 2.63. The molecule has 1 N–H and O–H groups in total. The van der Waals surface area contributed by atoms with Crippen LogP contribution in [-0.4, -0.2) is 29.2 Å². The maximum absolute atomic E-state index is 12.5. The smallest absolute Gasteiger partial charge is 0.293 e. The molecule has 0 aliphatic carbocycles. The molecule has 0 bridgehead atoms. The monoisotopic (exact) mass is 353 g/mol. The zero-order valence-corrected chi connectivity index (χ0v) is 15.2. The highest BCUT2D eigenvalue weighted by atomic mass is 16.5. The molecule has 6 heteroatoms. The molecule has 2 aromatic heterocycles. The number of carbonyl (C=O) groups is 1. The molecule has 0 aliphatic rings. The summed E-state index contributed by atoms with van der Waals surface area (Å²) in [6, 6.07) is 11.6. The van der Waals surface area contributed by atoms with Crippen molar-refractivity contribution < 1.29 is 13.9 Å². The van der Waals surface area contributed by atoms with Gasteiger partial charge in [0.2, 0.25) is 5.95 Å². The van der Waals surface area contributed by atoms with E-state index in [2.05, 4.69) is 36.3 Å². The summed E-state index contributed by atoms with van der Waals surface area (Å²) in [4.78, 5) is 16.6. The van der Waals surface area contributed by atoms with Gasteiger partial charge in [0.05, 0.1) is 6.61 Å². The fourth-order valence-corrected chi connectivity index (χ4v) is 2.63. The minimum Gasteiger partial charge on any atom is -0.451 e. The van der Waals surface area contributed by atoms with Gasteiger partial charge in [-0.15, -0.1) is 0 Å². The van der Waals surface area contributed by atoms with Crippen LogP contribution >= 0.6 is 0 Å². The molecule has 0 saturated carbocycles. The van der Waals surface area contributed by atoms with Crippen LogP contribution in [0.25, 0.3) is 11.3 Å². The standard InChI is InChI=1S/C20H23N3O3/c1-14(2)15-5-4-6-16(13-15)17-7-8-18(26-17)19(24)22-20-21-9-10-23(20)11-12-25-3/h4-10,13-14H,11-12H2,1-3H3,(H,21,22,24). The fraction of sp³-hybridized carbons (Fsp3) is 0.300. The second-order valence-electron chi connectivity index (χ2n) is 6.34. The Kier molecular flexibility index (Phi) is 5.53. The van der Waals surface area contributed by atoms with Gasteiger partial charge in [-0.25, -0.2) is 4.98 Å². The molecule has 0 fully saturated rings. The highest BCUT2D eigenvalue weighted by Crippen LogP contribution is 2.26. The van der Waals surface area contributed by atoms with Crippen molar-refractivity contribution in [2.24, 2.45) is 0 Å². The zero-order valence-electron chi connectivity index (χ0n) is 15.2. The average Bonchev–Trinajstić information content (AvgIpc) is 3.29. The molecule has 3 rings (SSSR count). The van der Waals surface area contributed by atoms with E-state index in [-0.39, 0.29) is 11.7 Å². The van der Waals surface area contributed by atoms with E-state index in [4.69, 9.17) is 9.15 Å². The van der Waals surface area contributed by atoms with E-state index in [9.17, 15) is 4.79 Å². The Balaban J connectivity index is 1.74. The zero-order chi connectivity index (χ0) is 18.5. The van der Waals surface area contributed by atoms with Crippen molar-refractivity contribution in [2.75, 3.05) is 19.0 Å². The minimum absolute atomic E-state index is 0.247. The van der Waals surface area contributed by atoms with Crippen molar-refractivity contribution in [1.82, 2.24) is 9.55 Å². The number of amides is 1. The lowest BCUT2D eigenvalue weighted by Crippen LogP contribution is -2.16. The van der Waals surface area contributed by atoms with Crippen molar-refractivity contribution in [3.8, 4) is 11.3 Å². The number of nitrogens with one attached hydrogen (secondary N) is 1. The summed E-state index contributed by atoms with van der Waals surface area (Å²) in [7, 11) is 1.63. The van der Waals surface area contributed by atoms with Crippen LogP contribution in [0.3, 0.4) is 0 Å². The van der Waals surface area contributed by atoms with Crippen LogP contribution in [0.4, 0.5) is 5.95 Å². The van der Waals surface area contributed by atoms with E-state index in [1.54, 1.807) is 25.6 Å². The van der Waals surface area contributed by atoms with Crippen LogP contribution in [0.2, 0.25) is 0 Å². The number of imidazole rings is 1. The first kappa shape index (κ1) is 17.9. The molecule has 2 heterocycles. The number of nitrogens with zero attached hydrogens (tertiary/aromatic N) is 2. The van der Waals surface area contributed by atoms with Crippen LogP contribution in [0, 0.1) is 0 Å². The number of aromatic nitrogens is 2. The summed E-state index contributed by atoms with van der Waals surface area (Å²) < 4.78 is 12.6. The number of hydrogen-bond donors (Lipinski definition) is 1. The summed E-state index contributed by atoms with van der Waals surface area (Å²) in [6.45, 7) is 5.44. The number of ether oxygens (including phenoxy) is 1. The van der Waals surface area contributed by atoms with Crippen LogP contribution in [0.15, 0.2) is 53.2 Å². The van der Waals surface area contributed by atoms with Crippen molar-refractivity contribution in [2.45, 2.75) is 26.3 Å². The Bertz CT molecular complexity index is 880. The first-order chi connectivity index (χ1) is 12.6. The molecule has 0 spiro atoms. The van der Waals surface area contributed by atoms with E-state index in [1.807, 2.05) is 22.8 Å². The molecule has 0 saturated heterocycles. The van der Waals surface area contributed by atoms with Gasteiger partial charge >= 0.3 is 0 Å². The molecule has 0 atom stereocenters. The summed E-state index contributed by atoms with van der Waals surface area (Å²) in [5.41, 5.74) is 2.18. The van der Waals surface area contributed by atoms with E-state index in [0.717, 1.165) is 5.56 Å². The number of rotatable bonds is 7. The second-order valence-corrected chi connectivity index (χ2v) is 6.34. The third kappa shape index (κ3) is 4.03. The van der Waals surface area contributed by atoms with Crippen molar-refractivity contribution >= 4 is 11.9 Å². The van der Waals surface area contributed by atoms with Crippen LogP contribution < -0.4 is 5.32 Å². The number of benzene rings is 1. The molecule has 0 aliphatic heterocycles. The van der Waals surface area contributed by atoms with Gasteiger partial charge in [0.25, 0.3) is 5.91 Å². The van der Waals surface area contributed by atoms with Crippen LogP contribution in [0.5, 0.6) is 0 Å². The van der Waals surface area contributed by atoms with Crippen molar-refractivity contribution in [1.29, 1.82) is 0 Å². The van der Waals surface area contributed by atoms with E-state index in [0.29, 0.717) is 30.8 Å². The Morgan fingerprint density at radius 1 is 1.31 bits per heavy atom. The van der Waals surface area contributed by atoms with E-state index < -0.39 is 0 Å². The molecular formula is C20H23N3O3. The summed E-state index contributed by atoms with van der Waals surface area (Å²) in [5, 5.41) is 2.77. The molecule has 1 amide bonds. The average molecular weight is 353 g/mol. The molecular weight excluding hydrogens is 330 g/mol. The first-order valence-electron chi connectivity index (χ1n) is 8.60. The Morgan fingerprint density at radius 2 is 2.15 bits per heavy atom. The third-order valence-electron chi connectivity index (χ3n) is 4.14. The molecule has 26 heavy (non-hydrogen) atoms. The van der Waals surface area contributed by atoms with Gasteiger partial charge in [0, 0.05) is 31.6 Å². The van der Waals surface area contributed by atoms with Gasteiger partial charge < -0.3 is 13.7 Å². The second kappa shape index (κ2) is 8.01.